The van der Waals surface area contributed by atoms with E-state index < -0.39 is 0 Å². The van der Waals surface area contributed by atoms with Gasteiger partial charge in [0.2, 0.25) is 0 Å². The van der Waals surface area contributed by atoms with Crippen molar-refractivity contribution in [3.63, 3.8) is 0 Å². The Morgan fingerprint density at radius 2 is 2.33 bits per heavy atom. The van der Waals surface area contributed by atoms with E-state index in [2.05, 4.69) is 25.1 Å². The fourth-order valence-electron chi connectivity index (χ4n) is 1.34. The van der Waals surface area contributed by atoms with Crippen LogP contribution in [0.4, 0.5) is 0 Å². The van der Waals surface area contributed by atoms with Gasteiger partial charge in [-0.25, -0.2) is 0 Å². The van der Waals surface area contributed by atoms with Crippen molar-refractivity contribution in [2.75, 3.05) is 12.4 Å². The van der Waals surface area contributed by atoms with Gasteiger partial charge in [-0.15, -0.1) is 11.8 Å². The highest BCUT2D eigenvalue weighted by molar-refractivity contribution is 7.99. The molecule has 0 spiro atoms. The van der Waals surface area contributed by atoms with Gasteiger partial charge in [-0.1, -0.05) is 12.1 Å². The molecule has 1 aliphatic rings. The first-order chi connectivity index (χ1) is 5.88. The second kappa shape index (κ2) is 3.40. The second-order valence-corrected chi connectivity index (χ2v) is 4.06. The number of fused-ring (bicyclic) bond motifs is 1. The third-order valence-electron chi connectivity index (χ3n) is 1.97. The Bertz CT molecular complexity index is 283. The Morgan fingerprint density at radius 3 is 3.25 bits per heavy atom. The zero-order valence-corrected chi connectivity index (χ0v) is 7.99. The van der Waals surface area contributed by atoms with Crippen molar-refractivity contribution >= 4 is 11.8 Å². The van der Waals surface area contributed by atoms with Crippen LogP contribution < -0.4 is 4.74 Å². The van der Waals surface area contributed by atoms with Gasteiger partial charge in [-0.05, 0) is 25.0 Å². The predicted octanol–water partition coefficient (Wildman–Crippen LogP) is 2.87. The van der Waals surface area contributed by atoms with Crippen molar-refractivity contribution in [2.24, 2.45) is 0 Å². The molecule has 0 fully saturated rings. The number of hydrogen-bond donors (Lipinski definition) is 0. The number of rotatable bonds is 0. The maximum Gasteiger partial charge on any atom is 0.133 e. The maximum atomic E-state index is 5.61. The van der Waals surface area contributed by atoms with E-state index in [1.165, 1.54) is 16.2 Å². The topological polar surface area (TPSA) is 9.23 Å². The average molecular weight is 180 g/mol. The van der Waals surface area contributed by atoms with Crippen molar-refractivity contribution in [1.29, 1.82) is 0 Å². The van der Waals surface area contributed by atoms with Crippen LogP contribution >= 0.6 is 11.8 Å². The second-order valence-electron chi connectivity index (χ2n) is 2.95. The molecule has 0 N–H and O–H groups in total. The molecule has 64 valence electrons. The van der Waals surface area contributed by atoms with Crippen LogP contribution in [-0.4, -0.2) is 12.4 Å². The minimum Gasteiger partial charge on any atom is -0.492 e. The lowest BCUT2D eigenvalue weighted by Crippen LogP contribution is -1.95. The third-order valence-corrected chi connectivity index (χ3v) is 3.27. The molecule has 1 aromatic carbocycles. The molecule has 0 aromatic heterocycles. The van der Waals surface area contributed by atoms with Crippen molar-refractivity contribution < 1.29 is 4.74 Å². The van der Waals surface area contributed by atoms with Crippen LogP contribution in [0.2, 0.25) is 0 Å². The van der Waals surface area contributed by atoms with Gasteiger partial charge in [0, 0.05) is 5.75 Å². The molecule has 1 nitrogen and oxygen atoms in total. The van der Waals surface area contributed by atoms with Gasteiger partial charge >= 0.3 is 0 Å². The summed E-state index contributed by atoms with van der Waals surface area (Å²) >= 11 is 1.91. The highest BCUT2D eigenvalue weighted by Crippen LogP contribution is 2.34. The summed E-state index contributed by atoms with van der Waals surface area (Å²) in [4.78, 5) is 1.33. The SMILES string of the molecule is Cc1cccc2c1SCCCO2. The summed E-state index contributed by atoms with van der Waals surface area (Å²) in [5, 5.41) is 0. The van der Waals surface area contributed by atoms with E-state index in [1.54, 1.807) is 0 Å². The average Bonchev–Trinajstić information content (AvgIpc) is 2.30. The fourth-order valence-corrected chi connectivity index (χ4v) is 2.37. The molecule has 0 unspecified atom stereocenters. The van der Waals surface area contributed by atoms with Crippen molar-refractivity contribution in [1.82, 2.24) is 0 Å². The first-order valence-electron chi connectivity index (χ1n) is 4.23. The van der Waals surface area contributed by atoms with Crippen LogP contribution in [0.5, 0.6) is 5.75 Å². The van der Waals surface area contributed by atoms with E-state index in [-0.39, 0.29) is 0 Å². The van der Waals surface area contributed by atoms with E-state index in [9.17, 15) is 0 Å². The van der Waals surface area contributed by atoms with Crippen LogP contribution in [-0.2, 0) is 0 Å². The molecule has 2 rings (SSSR count). The Balaban J connectivity index is 2.42. The molecule has 0 saturated heterocycles. The van der Waals surface area contributed by atoms with Crippen molar-refractivity contribution in [2.45, 2.75) is 18.2 Å². The molecular formula is C10H12OS. The molecule has 1 aromatic rings. The molecule has 0 amide bonds. The third kappa shape index (κ3) is 1.44. The monoisotopic (exact) mass is 180 g/mol. The molecule has 0 bridgehead atoms. The summed E-state index contributed by atoms with van der Waals surface area (Å²) in [7, 11) is 0. The number of ether oxygens (including phenoxy) is 1. The Hall–Kier alpha value is -0.630. The molecule has 0 atom stereocenters. The minimum absolute atomic E-state index is 0.865. The normalized spacial score (nSPS) is 16.1. The molecule has 1 heterocycles. The van der Waals surface area contributed by atoms with Crippen LogP contribution in [0, 0.1) is 6.92 Å². The van der Waals surface area contributed by atoms with Crippen LogP contribution in [0.25, 0.3) is 0 Å². The highest BCUT2D eigenvalue weighted by Gasteiger charge is 2.10. The van der Waals surface area contributed by atoms with E-state index in [1.807, 2.05) is 11.8 Å². The van der Waals surface area contributed by atoms with E-state index in [4.69, 9.17) is 4.74 Å². The first kappa shape index (κ1) is 7.99. The van der Waals surface area contributed by atoms with Gasteiger partial charge in [0.05, 0.1) is 11.5 Å². The molecule has 0 radical (unpaired) electrons. The molecule has 0 saturated carbocycles. The van der Waals surface area contributed by atoms with Gasteiger partial charge in [0.15, 0.2) is 0 Å². The van der Waals surface area contributed by atoms with Crippen LogP contribution in [0.15, 0.2) is 23.1 Å². The summed E-state index contributed by atoms with van der Waals surface area (Å²) < 4.78 is 5.61. The summed E-state index contributed by atoms with van der Waals surface area (Å²) in [6.07, 6.45) is 1.15. The van der Waals surface area contributed by atoms with Gasteiger partial charge < -0.3 is 4.74 Å². The first-order valence-corrected chi connectivity index (χ1v) is 5.22. The largest absolute Gasteiger partial charge is 0.492 e. The van der Waals surface area contributed by atoms with Gasteiger partial charge in [-0.2, -0.15) is 0 Å². The number of hydrogen-bond acceptors (Lipinski definition) is 2. The maximum absolute atomic E-state index is 5.61. The Morgan fingerprint density at radius 1 is 1.42 bits per heavy atom. The molecule has 0 aliphatic carbocycles. The van der Waals surface area contributed by atoms with Gasteiger partial charge in [-0.3, -0.25) is 0 Å². The quantitative estimate of drug-likeness (QED) is 0.607. The zero-order valence-electron chi connectivity index (χ0n) is 7.17. The summed E-state index contributed by atoms with van der Waals surface area (Å²) in [5.74, 6) is 2.25. The Kier molecular flexibility index (Phi) is 2.26. The van der Waals surface area contributed by atoms with Gasteiger partial charge in [0.1, 0.15) is 5.75 Å². The zero-order chi connectivity index (χ0) is 8.39. The summed E-state index contributed by atoms with van der Waals surface area (Å²) in [6, 6.07) is 6.25. The molecular weight excluding hydrogens is 168 g/mol. The molecule has 2 heteroatoms. The number of aryl methyl sites for hydroxylation is 1. The predicted molar refractivity (Wildman–Crippen MR) is 52.0 cm³/mol. The smallest absolute Gasteiger partial charge is 0.133 e. The molecule has 12 heavy (non-hydrogen) atoms. The van der Waals surface area contributed by atoms with Crippen molar-refractivity contribution in [3.05, 3.63) is 23.8 Å². The lowest BCUT2D eigenvalue weighted by molar-refractivity contribution is 0.314. The van der Waals surface area contributed by atoms with E-state index in [0.717, 1.165) is 18.8 Å². The summed E-state index contributed by atoms with van der Waals surface area (Å²) in [6.45, 7) is 3.00. The van der Waals surface area contributed by atoms with E-state index in [0.29, 0.717) is 0 Å². The lowest BCUT2D eigenvalue weighted by Gasteiger charge is -2.07. The Labute approximate surface area is 77.1 Å². The van der Waals surface area contributed by atoms with Gasteiger partial charge in [0.25, 0.3) is 0 Å². The number of benzene rings is 1. The standard InChI is InChI=1S/C10H12OS/c1-8-4-2-5-9-10(8)12-7-3-6-11-9/h2,4-5H,3,6-7H2,1H3. The van der Waals surface area contributed by atoms with E-state index >= 15 is 0 Å². The number of thioether (sulfide) groups is 1. The van der Waals surface area contributed by atoms with Crippen molar-refractivity contribution in [3.8, 4) is 5.75 Å². The molecule has 1 aliphatic heterocycles. The fraction of sp³-hybridized carbons (Fsp3) is 0.400. The minimum atomic E-state index is 0.865. The van der Waals surface area contributed by atoms with Crippen LogP contribution in [0.1, 0.15) is 12.0 Å². The van der Waals surface area contributed by atoms with Crippen LogP contribution in [0.3, 0.4) is 0 Å². The summed E-state index contributed by atoms with van der Waals surface area (Å²) in [5.41, 5.74) is 1.33. The lowest BCUT2D eigenvalue weighted by atomic mass is 10.2. The highest BCUT2D eigenvalue weighted by atomic mass is 32.2.